The second kappa shape index (κ2) is 11.7. The van der Waals surface area contributed by atoms with E-state index in [1.807, 2.05) is 66.4 Å². The molecule has 0 saturated carbocycles. The third-order valence-electron chi connectivity index (χ3n) is 6.26. The number of benzene rings is 3. The molecule has 4 aromatic rings. The van der Waals surface area contributed by atoms with Crippen LogP contribution in [0.1, 0.15) is 15.9 Å². The van der Waals surface area contributed by atoms with Crippen LogP contribution in [0.25, 0.3) is 11.5 Å². The van der Waals surface area contributed by atoms with Crippen LogP contribution in [0.3, 0.4) is 0 Å². The summed E-state index contributed by atoms with van der Waals surface area (Å²) in [5, 5.41) is 11.8. The van der Waals surface area contributed by atoms with Gasteiger partial charge in [0, 0.05) is 53.7 Å². The quantitative estimate of drug-likeness (QED) is 0.310. The second-order valence-corrected chi connectivity index (χ2v) is 10.2. The van der Waals surface area contributed by atoms with E-state index in [2.05, 4.69) is 20.4 Å². The summed E-state index contributed by atoms with van der Waals surface area (Å²) in [6.45, 7) is 4.80. The number of carbonyl (C=O) groups is 2. The Balaban J connectivity index is 1.09. The standard InChI is InChI=1S/C28H26ClN5O3S/c1-19-5-2-3-8-24(19)27(36)34-15-13-33(14-16-34)23-11-9-22(10-12-23)30-25(35)18-38-28-32-31-26(37-28)20-6-4-7-21(29)17-20/h2-12,17H,13-16,18H2,1H3,(H,30,35). The van der Waals surface area contributed by atoms with Gasteiger partial charge in [-0.05, 0) is 61.0 Å². The van der Waals surface area contributed by atoms with Gasteiger partial charge in [0.05, 0.1) is 5.75 Å². The van der Waals surface area contributed by atoms with Crippen molar-refractivity contribution in [3.05, 3.63) is 88.9 Å². The molecule has 0 atom stereocenters. The number of nitrogens with one attached hydrogen (secondary N) is 1. The second-order valence-electron chi connectivity index (χ2n) is 8.86. The number of rotatable bonds is 7. The topological polar surface area (TPSA) is 91.6 Å². The van der Waals surface area contributed by atoms with Crippen molar-refractivity contribution in [3.8, 4) is 11.5 Å². The minimum absolute atomic E-state index is 0.0832. The molecule has 1 N–H and O–H groups in total. The van der Waals surface area contributed by atoms with Gasteiger partial charge in [0.2, 0.25) is 11.8 Å². The van der Waals surface area contributed by atoms with Gasteiger partial charge in [-0.2, -0.15) is 0 Å². The van der Waals surface area contributed by atoms with Crippen molar-refractivity contribution < 1.29 is 14.0 Å². The average Bonchev–Trinajstić information content (AvgIpc) is 3.42. The molecule has 1 aromatic heterocycles. The van der Waals surface area contributed by atoms with E-state index >= 15 is 0 Å². The Morgan fingerprint density at radius 1 is 0.974 bits per heavy atom. The monoisotopic (exact) mass is 547 g/mol. The smallest absolute Gasteiger partial charge is 0.277 e. The van der Waals surface area contributed by atoms with Crippen LogP contribution in [0.4, 0.5) is 11.4 Å². The fourth-order valence-corrected chi connectivity index (χ4v) is 4.99. The molecular formula is C28H26ClN5O3S. The van der Waals surface area contributed by atoms with E-state index in [0.717, 1.165) is 35.5 Å². The zero-order valence-corrected chi connectivity index (χ0v) is 22.3. The van der Waals surface area contributed by atoms with Gasteiger partial charge in [0.1, 0.15) is 0 Å². The lowest BCUT2D eigenvalue weighted by Crippen LogP contribution is -2.48. The van der Waals surface area contributed by atoms with Crippen LogP contribution >= 0.6 is 23.4 Å². The number of carbonyl (C=O) groups excluding carboxylic acids is 2. The first-order chi connectivity index (χ1) is 18.5. The molecule has 8 nitrogen and oxygen atoms in total. The van der Waals surface area contributed by atoms with E-state index < -0.39 is 0 Å². The highest BCUT2D eigenvalue weighted by molar-refractivity contribution is 7.99. The van der Waals surface area contributed by atoms with Gasteiger partial charge >= 0.3 is 0 Å². The lowest BCUT2D eigenvalue weighted by atomic mass is 10.1. The summed E-state index contributed by atoms with van der Waals surface area (Å²) in [5.41, 5.74) is 4.24. The lowest BCUT2D eigenvalue weighted by molar-refractivity contribution is -0.113. The normalized spacial score (nSPS) is 13.4. The number of aromatic nitrogens is 2. The Bertz CT molecular complexity index is 1430. The van der Waals surface area contributed by atoms with E-state index in [-0.39, 0.29) is 17.6 Å². The number of anilines is 2. The van der Waals surface area contributed by atoms with Gasteiger partial charge in [0.15, 0.2) is 0 Å². The molecule has 194 valence electrons. The molecule has 1 aliphatic rings. The van der Waals surface area contributed by atoms with Crippen LogP contribution in [-0.4, -0.2) is 58.8 Å². The third kappa shape index (κ3) is 6.17. The first-order valence-electron chi connectivity index (χ1n) is 12.2. The molecule has 5 rings (SSSR count). The number of amides is 2. The summed E-state index contributed by atoms with van der Waals surface area (Å²) < 4.78 is 5.63. The molecule has 1 fully saturated rings. The van der Waals surface area contributed by atoms with Crippen molar-refractivity contribution in [1.82, 2.24) is 15.1 Å². The number of hydrogen-bond acceptors (Lipinski definition) is 7. The maximum Gasteiger partial charge on any atom is 0.277 e. The summed E-state index contributed by atoms with van der Waals surface area (Å²) in [4.78, 5) is 29.5. The summed E-state index contributed by atoms with van der Waals surface area (Å²) >= 11 is 7.18. The first-order valence-corrected chi connectivity index (χ1v) is 13.5. The van der Waals surface area contributed by atoms with E-state index in [0.29, 0.717) is 34.9 Å². The van der Waals surface area contributed by atoms with Gasteiger partial charge < -0.3 is 19.5 Å². The molecule has 2 amide bonds. The highest BCUT2D eigenvalue weighted by atomic mass is 35.5. The van der Waals surface area contributed by atoms with Crippen LogP contribution in [-0.2, 0) is 4.79 Å². The first kappa shape index (κ1) is 25.8. The molecule has 2 heterocycles. The van der Waals surface area contributed by atoms with Gasteiger partial charge in [-0.3, -0.25) is 9.59 Å². The lowest BCUT2D eigenvalue weighted by Gasteiger charge is -2.36. The minimum Gasteiger partial charge on any atom is -0.411 e. The van der Waals surface area contributed by atoms with E-state index in [1.54, 1.807) is 18.2 Å². The molecule has 0 spiro atoms. The fraction of sp³-hybridized carbons (Fsp3) is 0.214. The number of aryl methyl sites for hydroxylation is 1. The molecule has 3 aromatic carbocycles. The average molecular weight is 548 g/mol. The van der Waals surface area contributed by atoms with Crippen LogP contribution in [0.5, 0.6) is 0 Å². The Morgan fingerprint density at radius 2 is 1.74 bits per heavy atom. The van der Waals surface area contributed by atoms with Gasteiger partial charge in [-0.1, -0.05) is 47.6 Å². The van der Waals surface area contributed by atoms with Crippen LogP contribution in [0, 0.1) is 6.92 Å². The molecule has 0 unspecified atom stereocenters. The van der Waals surface area contributed by atoms with Crippen molar-refractivity contribution >= 4 is 46.6 Å². The van der Waals surface area contributed by atoms with Crippen molar-refractivity contribution in [3.63, 3.8) is 0 Å². The van der Waals surface area contributed by atoms with Gasteiger partial charge in [0.25, 0.3) is 11.1 Å². The summed E-state index contributed by atoms with van der Waals surface area (Å²) in [6, 6.07) is 22.6. The Hall–Kier alpha value is -3.82. The molecule has 0 aliphatic carbocycles. The summed E-state index contributed by atoms with van der Waals surface area (Å²) in [5.74, 6) is 0.398. The minimum atomic E-state index is -0.173. The Labute approximate surface area is 230 Å². The van der Waals surface area contributed by atoms with E-state index in [4.69, 9.17) is 16.0 Å². The van der Waals surface area contributed by atoms with Gasteiger partial charge in [-0.15, -0.1) is 10.2 Å². The maximum absolute atomic E-state index is 12.9. The highest BCUT2D eigenvalue weighted by Gasteiger charge is 2.23. The van der Waals surface area contributed by atoms with Crippen molar-refractivity contribution in [2.24, 2.45) is 0 Å². The Kier molecular flexibility index (Phi) is 7.95. The maximum atomic E-state index is 12.9. The third-order valence-corrected chi connectivity index (χ3v) is 7.32. The van der Waals surface area contributed by atoms with Crippen LogP contribution in [0.15, 0.2) is 82.4 Å². The van der Waals surface area contributed by atoms with Gasteiger partial charge in [-0.25, -0.2) is 0 Å². The summed E-state index contributed by atoms with van der Waals surface area (Å²) in [6.07, 6.45) is 0. The van der Waals surface area contributed by atoms with Crippen molar-refractivity contribution in [2.45, 2.75) is 12.1 Å². The number of nitrogens with zero attached hydrogens (tertiary/aromatic N) is 4. The van der Waals surface area contributed by atoms with Crippen LogP contribution in [0.2, 0.25) is 5.02 Å². The Morgan fingerprint density at radius 3 is 2.47 bits per heavy atom. The molecule has 0 bridgehead atoms. The fourth-order valence-electron chi connectivity index (χ4n) is 4.24. The predicted molar refractivity (Wildman–Crippen MR) is 150 cm³/mol. The number of piperazine rings is 1. The predicted octanol–water partition coefficient (Wildman–Crippen LogP) is 5.39. The highest BCUT2D eigenvalue weighted by Crippen LogP contribution is 2.26. The zero-order valence-electron chi connectivity index (χ0n) is 20.8. The number of thioether (sulfide) groups is 1. The molecule has 1 aliphatic heterocycles. The number of halogens is 1. The molecule has 1 saturated heterocycles. The zero-order chi connectivity index (χ0) is 26.5. The van der Waals surface area contributed by atoms with E-state index in [9.17, 15) is 9.59 Å². The largest absolute Gasteiger partial charge is 0.411 e. The van der Waals surface area contributed by atoms with Crippen molar-refractivity contribution in [2.75, 3.05) is 42.1 Å². The van der Waals surface area contributed by atoms with Crippen LogP contribution < -0.4 is 10.2 Å². The summed E-state index contributed by atoms with van der Waals surface area (Å²) in [7, 11) is 0. The molecule has 38 heavy (non-hydrogen) atoms. The SMILES string of the molecule is Cc1ccccc1C(=O)N1CCN(c2ccc(NC(=O)CSc3nnc(-c4cccc(Cl)c4)o3)cc2)CC1. The van der Waals surface area contributed by atoms with E-state index in [1.165, 1.54) is 11.8 Å². The molecule has 10 heteroatoms. The number of hydrogen-bond donors (Lipinski definition) is 1. The molecular weight excluding hydrogens is 522 g/mol. The molecule has 0 radical (unpaired) electrons. The van der Waals surface area contributed by atoms with Crippen molar-refractivity contribution in [1.29, 1.82) is 0 Å².